The van der Waals surface area contributed by atoms with Crippen molar-refractivity contribution < 1.29 is 18.0 Å². The van der Waals surface area contributed by atoms with Crippen molar-refractivity contribution in [1.82, 2.24) is 30.0 Å². The third-order valence-electron chi connectivity index (χ3n) is 4.43. The van der Waals surface area contributed by atoms with Crippen LogP contribution in [0.15, 0.2) is 47.3 Å². The maximum atomic E-state index is 13.7. The Morgan fingerprint density at radius 2 is 2.06 bits per heavy atom. The number of benzene rings is 1. The number of aryl methyl sites for hydroxylation is 2. The van der Waals surface area contributed by atoms with Gasteiger partial charge in [-0.1, -0.05) is 6.07 Å². The van der Waals surface area contributed by atoms with Gasteiger partial charge in [0.25, 0.3) is 5.89 Å². The van der Waals surface area contributed by atoms with Crippen molar-refractivity contribution >= 4 is 17.7 Å². The lowest BCUT2D eigenvalue weighted by Gasteiger charge is -2.07. The lowest BCUT2D eigenvalue weighted by atomic mass is 10.2. The molecule has 0 unspecified atom stereocenters. The number of amides is 1. The van der Waals surface area contributed by atoms with Crippen LogP contribution in [0.5, 0.6) is 0 Å². The molecule has 31 heavy (non-hydrogen) atoms. The number of halogens is 2. The molecule has 0 aliphatic heterocycles. The quantitative estimate of drug-likeness (QED) is 0.488. The van der Waals surface area contributed by atoms with Gasteiger partial charge in [0.1, 0.15) is 35.1 Å². The summed E-state index contributed by atoms with van der Waals surface area (Å²) in [5.74, 6) is -1.28. The molecule has 0 fully saturated rings. The van der Waals surface area contributed by atoms with Gasteiger partial charge in [0.15, 0.2) is 0 Å². The Morgan fingerprint density at radius 3 is 2.81 bits per heavy atom. The van der Waals surface area contributed by atoms with Crippen LogP contribution in [-0.2, 0) is 13.6 Å². The Morgan fingerprint density at radius 1 is 1.23 bits per heavy atom. The summed E-state index contributed by atoms with van der Waals surface area (Å²) in [6.45, 7) is 1.66. The van der Waals surface area contributed by atoms with Gasteiger partial charge in [-0.25, -0.2) is 23.7 Å². The van der Waals surface area contributed by atoms with E-state index < -0.39 is 17.5 Å². The first-order valence-electron chi connectivity index (χ1n) is 9.17. The van der Waals surface area contributed by atoms with Crippen LogP contribution >= 0.6 is 0 Å². The molecule has 0 bridgehead atoms. The number of carbonyl (C=O) groups is 1. The molecule has 0 radical (unpaired) electrons. The second-order valence-corrected chi connectivity index (χ2v) is 6.65. The zero-order valence-corrected chi connectivity index (χ0v) is 16.6. The Bertz CT molecular complexity index is 1250. The van der Waals surface area contributed by atoms with Crippen molar-refractivity contribution in [3.63, 3.8) is 0 Å². The number of hydrogen-bond donors (Lipinski definition) is 2. The molecule has 0 spiro atoms. The highest BCUT2D eigenvalue weighted by Gasteiger charge is 2.17. The number of nitrogens with zero attached hydrogens (tertiary/aromatic N) is 5. The van der Waals surface area contributed by atoms with Crippen LogP contribution in [-0.4, -0.2) is 30.6 Å². The number of nitrogens with one attached hydrogen (secondary N) is 2. The van der Waals surface area contributed by atoms with Crippen LogP contribution in [0.4, 0.5) is 20.5 Å². The smallest absolute Gasteiger partial charge is 0.307 e. The van der Waals surface area contributed by atoms with Gasteiger partial charge in [0.2, 0.25) is 5.95 Å². The third-order valence-corrected chi connectivity index (χ3v) is 4.43. The van der Waals surface area contributed by atoms with E-state index in [1.165, 1.54) is 12.3 Å². The summed E-state index contributed by atoms with van der Waals surface area (Å²) in [5, 5.41) is 9.60. The zero-order valence-electron chi connectivity index (χ0n) is 16.6. The average Bonchev–Trinajstić information content (AvgIpc) is 3.38. The minimum atomic E-state index is -0.751. The molecule has 158 valence electrons. The zero-order chi connectivity index (χ0) is 22.0. The lowest BCUT2D eigenvalue weighted by molar-refractivity contribution is 0.0916. The molecule has 1 aromatic carbocycles. The molecule has 0 atom stereocenters. The summed E-state index contributed by atoms with van der Waals surface area (Å²) in [5.41, 5.74) is 1.68. The Hall–Kier alpha value is -4.15. The summed E-state index contributed by atoms with van der Waals surface area (Å²) in [6, 6.07) is 4.89. The monoisotopic (exact) mass is 425 g/mol. The minimum Gasteiger partial charge on any atom is -0.440 e. The van der Waals surface area contributed by atoms with Gasteiger partial charge in [-0.15, -0.1) is 0 Å². The molecule has 4 rings (SSSR count). The van der Waals surface area contributed by atoms with E-state index in [-0.39, 0.29) is 18.0 Å². The molecule has 0 aliphatic carbocycles. The van der Waals surface area contributed by atoms with Gasteiger partial charge in [-0.05, 0) is 18.6 Å². The second kappa shape index (κ2) is 8.30. The molecule has 4 aromatic rings. The maximum absolute atomic E-state index is 13.7. The fourth-order valence-electron chi connectivity index (χ4n) is 2.78. The molecular formula is C20H17F2N7O2. The minimum absolute atomic E-state index is 0.138. The molecule has 3 heterocycles. The van der Waals surface area contributed by atoms with Crippen LogP contribution in [0, 0.1) is 18.6 Å². The molecule has 0 saturated carbocycles. The van der Waals surface area contributed by atoms with Crippen molar-refractivity contribution in [2.24, 2.45) is 7.05 Å². The van der Waals surface area contributed by atoms with Gasteiger partial charge in [-0.3, -0.25) is 9.48 Å². The van der Waals surface area contributed by atoms with Gasteiger partial charge in [0, 0.05) is 37.5 Å². The van der Waals surface area contributed by atoms with Crippen molar-refractivity contribution in [2.75, 3.05) is 5.32 Å². The van der Waals surface area contributed by atoms with E-state index >= 15 is 0 Å². The Kier molecular flexibility index (Phi) is 5.39. The van der Waals surface area contributed by atoms with E-state index in [0.29, 0.717) is 23.2 Å². The van der Waals surface area contributed by atoms with Gasteiger partial charge in [0.05, 0.1) is 6.20 Å². The number of oxazole rings is 1. The molecule has 9 nitrogen and oxygen atoms in total. The predicted octanol–water partition coefficient (Wildman–Crippen LogP) is 3.13. The Balaban J connectivity index is 1.49. The summed E-state index contributed by atoms with van der Waals surface area (Å²) in [6.07, 6.45) is 4.56. The topological polar surface area (TPSA) is 111 Å². The molecule has 1 amide bonds. The average molecular weight is 425 g/mol. The number of hydrogen-bond acceptors (Lipinski definition) is 7. The van der Waals surface area contributed by atoms with Gasteiger partial charge < -0.3 is 15.1 Å². The number of anilines is 2. The van der Waals surface area contributed by atoms with E-state index in [0.717, 1.165) is 17.7 Å². The van der Waals surface area contributed by atoms with Crippen molar-refractivity contribution in [3.8, 4) is 11.4 Å². The highest BCUT2D eigenvalue weighted by atomic mass is 19.1. The first kappa shape index (κ1) is 20.1. The van der Waals surface area contributed by atoms with Crippen molar-refractivity contribution in [1.29, 1.82) is 0 Å². The number of rotatable bonds is 6. The van der Waals surface area contributed by atoms with Crippen LogP contribution in [0.2, 0.25) is 0 Å². The molecule has 11 heteroatoms. The molecule has 0 aliphatic rings. The predicted molar refractivity (Wildman–Crippen MR) is 106 cm³/mol. The fourth-order valence-corrected chi connectivity index (χ4v) is 2.78. The van der Waals surface area contributed by atoms with Crippen molar-refractivity contribution in [2.45, 2.75) is 13.5 Å². The van der Waals surface area contributed by atoms with Gasteiger partial charge in [-0.2, -0.15) is 5.10 Å². The Labute approximate surface area is 175 Å². The summed E-state index contributed by atoms with van der Waals surface area (Å²) < 4.78 is 33.6. The van der Waals surface area contributed by atoms with E-state index in [1.807, 2.05) is 0 Å². The molecule has 3 aromatic heterocycles. The number of aromatic nitrogens is 5. The second-order valence-electron chi connectivity index (χ2n) is 6.65. The van der Waals surface area contributed by atoms with E-state index in [1.54, 1.807) is 37.1 Å². The number of carbonyl (C=O) groups excluding carboxylic acids is 1. The third kappa shape index (κ3) is 4.39. The van der Waals surface area contributed by atoms with E-state index in [2.05, 4.69) is 30.7 Å². The van der Waals surface area contributed by atoms with E-state index in [4.69, 9.17) is 4.42 Å². The standard InChI is InChI=1S/C20H17F2N7O2/c1-11-8-24-20(27-16-5-6-25-29(16)2)28-17(11)15-10-31-19(26-15)18(30)23-9-12-3-4-13(21)7-14(12)22/h3-8,10H,9H2,1-2H3,(H,23,30)(H,24,27,28). The molecule has 2 N–H and O–H groups in total. The highest BCUT2D eigenvalue weighted by molar-refractivity contribution is 5.90. The summed E-state index contributed by atoms with van der Waals surface area (Å²) >= 11 is 0. The highest BCUT2D eigenvalue weighted by Crippen LogP contribution is 2.22. The molecular weight excluding hydrogens is 408 g/mol. The van der Waals surface area contributed by atoms with Gasteiger partial charge >= 0.3 is 5.91 Å². The van der Waals surface area contributed by atoms with E-state index in [9.17, 15) is 13.6 Å². The van der Waals surface area contributed by atoms with Crippen LogP contribution in [0.3, 0.4) is 0 Å². The normalized spacial score (nSPS) is 10.8. The van der Waals surface area contributed by atoms with Crippen LogP contribution in [0.25, 0.3) is 11.4 Å². The summed E-state index contributed by atoms with van der Waals surface area (Å²) in [4.78, 5) is 25.2. The SMILES string of the molecule is Cc1cnc(Nc2ccnn2C)nc1-c1coc(C(=O)NCc2ccc(F)cc2F)n1. The fraction of sp³-hybridized carbons (Fsp3) is 0.150. The first-order valence-corrected chi connectivity index (χ1v) is 9.17. The molecule has 0 saturated heterocycles. The first-order chi connectivity index (χ1) is 14.9. The lowest BCUT2D eigenvalue weighted by Crippen LogP contribution is -2.23. The summed E-state index contributed by atoms with van der Waals surface area (Å²) in [7, 11) is 1.78. The maximum Gasteiger partial charge on any atom is 0.307 e. The van der Waals surface area contributed by atoms with Crippen LogP contribution in [0.1, 0.15) is 21.8 Å². The largest absolute Gasteiger partial charge is 0.440 e. The van der Waals surface area contributed by atoms with Crippen molar-refractivity contribution in [3.05, 3.63) is 71.6 Å². The van der Waals surface area contributed by atoms with Crippen LogP contribution < -0.4 is 10.6 Å².